The summed E-state index contributed by atoms with van der Waals surface area (Å²) in [7, 11) is 2.51. The van der Waals surface area contributed by atoms with Gasteiger partial charge in [0.2, 0.25) is 0 Å². The van der Waals surface area contributed by atoms with Crippen LogP contribution in [0.4, 0.5) is 4.39 Å². The van der Waals surface area contributed by atoms with Crippen molar-refractivity contribution in [3.63, 3.8) is 0 Å². The second kappa shape index (κ2) is 5.63. The zero-order valence-electron chi connectivity index (χ0n) is 9.99. The van der Waals surface area contributed by atoms with Crippen molar-refractivity contribution in [3.05, 3.63) is 29.1 Å². The zero-order valence-corrected chi connectivity index (χ0v) is 9.99. The van der Waals surface area contributed by atoms with E-state index in [1.165, 1.54) is 20.3 Å². The van der Waals surface area contributed by atoms with Crippen molar-refractivity contribution < 1.29 is 23.8 Å². The number of hydrogen-bond acceptors (Lipinski definition) is 4. The Kier molecular flexibility index (Phi) is 4.45. The molecule has 0 aliphatic heterocycles. The number of carbonyl (C=O) groups is 1. The molecule has 1 N–H and O–H groups in total. The number of aryl methyl sites for hydroxylation is 1. The molecule has 0 spiro atoms. The van der Waals surface area contributed by atoms with Gasteiger partial charge in [-0.15, -0.1) is 0 Å². The summed E-state index contributed by atoms with van der Waals surface area (Å²) in [5.74, 6) is -1.11. The highest BCUT2D eigenvalue weighted by molar-refractivity contribution is 5.77. The number of esters is 1. The zero-order chi connectivity index (χ0) is 13.0. The first kappa shape index (κ1) is 13.4. The predicted molar refractivity (Wildman–Crippen MR) is 59.3 cm³/mol. The first-order valence-electron chi connectivity index (χ1n) is 5.17. The molecule has 1 atom stereocenters. The number of carbonyl (C=O) groups excluding carboxylic acids is 1. The Bertz CT molecular complexity index is 417. The smallest absolute Gasteiger partial charge is 0.339 e. The number of halogens is 1. The Balaban J connectivity index is 3.25. The number of methoxy groups -OCH3 is 2. The molecule has 0 aromatic heterocycles. The fourth-order valence-corrected chi connectivity index (χ4v) is 1.52. The fourth-order valence-electron chi connectivity index (χ4n) is 1.52. The normalized spacial score (nSPS) is 12.1. The third-order valence-electron chi connectivity index (χ3n) is 2.50. The van der Waals surface area contributed by atoms with Gasteiger partial charge in [-0.25, -0.2) is 9.18 Å². The lowest BCUT2D eigenvalue weighted by molar-refractivity contribution is -0.150. The Morgan fingerprint density at radius 3 is 2.59 bits per heavy atom. The van der Waals surface area contributed by atoms with Gasteiger partial charge in [0.1, 0.15) is 11.6 Å². The van der Waals surface area contributed by atoms with Gasteiger partial charge in [-0.3, -0.25) is 0 Å². The average Bonchev–Trinajstić information content (AvgIpc) is 2.36. The van der Waals surface area contributed by atoms with Gasteiger partial charge in [0.15, 0.2) is 6.10 Å². The van der Waals surface area contributed by atoms with Crippen molar-refractivity contribution in [2.24, 2.45) is 0 Å². The molecule has 0 aliphatic rings. The molecule has 0 fully saturated rings. The van der Waals surface area contributed by atoms with Gasteiger partial charge in [0.05, 0.1) is 14.2 Å². The van der Waals surface area contributed by atoms with E-state index in [0.29, 0.717) is 12.0 Å². The largest absolute Gasteiger partial charge is 0.496 e. The van der Waals surface area contributed by atoms with Gasteiger partial charge >= 0.3 is 5.97 Å². The molecule has 0 bridgehead atoms. The topological polar surface area (TPSA) is 55.8 Å². The summed E-state index contributed by atoms with van der Waals surface area (Å²) in [6.45, 7) is 1.78. The highest BCUT2D eigenvalue weighted by Crippen LogP contribution is 2.29. The average molecular weight is 242 g/mol. The number of ether oxygens (including phenoxy) is 2. The van der Waals surface area contributed by atoms with E-state index in [2.05, 4.69) is 4.74 Å². The Morgan fingerprint density at radius 2 is 2.12 bits per heavy atom. The van der Waals surface area contributed by atoms with Crippen LogP contribution in [0.5, 0.6) is 5.75 Å². The van der Waals surface area contributed by atoms with Crippen LogP contribution in [0.15, 0.2) is 12.1 Å². The van der Waals surface area contributed by atoms with Crippen molar-refractivity contribution in [2.45, 2.75) is 19.4 Å². The lowest BCUT2D eigenvalue weighted by atomic mass is 10.0. The summed E-state index contributed by atoms with van der Waals surface area (Å²) >= 11 is 0. The van der Waals surface area contributed by atoms with Crippen LogP contribution < -0.4 is 4.74 Å². The standard InChI is InChI=1S/C12H15FO4/c1-4-7-5-8(11(14)12(15)17-3)10(16-2)6-9(7)13/h5-6,11,14H,4H2,1-3H3. The molecule has 1 aromatic rings. The van der Waals surface area contributed by atoms with Crippen molar-refractivity contribution in [1.82, 2.24) is 0 Å². The second-order valence-electron chi connectivity index (χ2n) is 3.46. The molecule has 1 unspecified atom stereocenters. The van der Waals surface area contributed by atoms with Crippen LogP contribution in [-0.2, 0) is 16.0 Å². The number of aliphatic hydroxyl groups excluding tert-OH is 1. The Labute approximate surface area is 99.0 Å². The summed E-state index contributed by atoms with van der Waals surface area (Å²) in [4.78, 5) is 11.2. The van der Waals surface area contributed by atoms with Crippen LogP contribution >= 0.6 is 0 Å². The summed E-state index contributed by atoms with van der Waals surface area (Å²) in [6, 6.07) is 2.57. The van der Waals surface area contributed by atoms with E-state index in [9.17, 15) is 14.3 Å². The monoisotopic (exact) mass is 242 g/mol. The second-order valence-corrected chi connectivity index (χ2v) is 3.46. The van der Waals surface area contributed by atoms with Crippen LogP contribution in [0.1, 0.15) is 24.2 Å². The van der Waals surface area contributed by atoms with E-state index in [4.69, 9.17) is 4.74 Å². The van der Waals surface area contributed by atoms with Crippen LogP contribution in [0, 0.1) is 5.82 Å². The molecule has 5 heteroatoms. The minimum atomic E-state index is -1.47. The Hall–Kier alpha value is -1.62. The Morgan fingerprint density at radius 1 is 1.47 bits per heavy atom. The molecule has 0 saturated carbocycles. The molecular formula is C12H15FO4. The highest BCUT2D eigenvalue weighted by atomic mass is 19.1. The maximum Gasteiger partial charge on any atom is 0.339 e. The summed E-state index contributed by atoms with van der Waals surface area (Å²) in [5, 5.41) is 9.73. The first-order chi connectivity index (χ1) is 8.04. The summed E-state index contributed by atoms with van der Waals surface area (Å²) < 4.78 is 22.9. The van der Waals surface area contributed by atoms with Gasteiger partial charge in [-0.05, 0) is 18.1 Å². The molecule has 0 amide bonds. The highest BCUT2D eigenvalue weighted by Gasteiger charge is 2.23. The van der Waals surface area contributed by atoms with E-state index >= 15 is 0 Å². The van der Waals surface area contributed by atoms with Gasteiger partial charge in [-0.1, -0.05) is 6.92 Å². The van der Waals surface area contributed by atoms with E-state index in [1.54, 1.807) is 6.92 Å². The number of hydrogen-bond donors (Lipinski definition) is 1. The van der Waals surface area contributed by atoms with Gasteiger partial charge < -0.3 is 14.6 Å². The molecule has 0 heterocycles. The lowest BCUT2D eigenvalue weighted by Gasteiger charge is -2.14. The maximum absolute atomic E-state index is 13.5. The SMILES string of the molecule is CCc1cc(C(O)C(=O)OC)c(OC)cc1F. The van der Waals surface area contributed by atoms with Crippen molar-refractivity contribution in [2.75, 3.05) is 14.2 Å². The van der Waals surface area contributed by atoms with Crippen molar-refractivity contribution in [1.29, 1.82) is 0 Å². The third kappa shape index (κ3) is 2.74. The molecule has 1 rings (SSSR count). The predicted octanol–water partition coefficient (Wildman–Crippen LogP) is 1.60. The van der Waals surface area contributed by atoms with Crippen LogP contribution in [0.25, 0.3) is 0 Å². The van der Waals surface area contributed by atoms with E-state index in [1.807, 2.05) is 0 Å². The number of benzene rings is 1. The first-order valence-corrected chi connectivity index (χ1v) is 5.17. The molecule has 0 saturated heterocycles. The molecule has 0 radical (unpaired) electrons. The third-order valence-corrected chi connectivity index (χ3v) is 2.50. The fraction of sp³-hybridized carbons (Fsp3) is 0.417. The summed E-state index contributed by atoms with van der Waals surface area (Å²) in [6.07, 6.45) is -1.02. The van der Waals surface area contributed by atoms with E-state index in [0.717, 1.165) is 6.07 Å². The van der Waals surface area contributed by atoms with E-state index < -0.39 is 17.9 Å². The molecular weight excluding hydrogens is 227 g/mol. The van der Waals surface area contributed by atoms with Crippen LogP contribution in [0.2, 0.25) is 0 Å². The van der Waals surface area contributed by atoms with Gasteiger partial charge in [-0.2, -0.15) is 0 Å². The minimum Gasteiger partial charge on any atom is -0.496 e. The van der Waals surface area contributed by atoms with E-state index in [-0.39, 0.29) is 11.3 Å². The van der Waals surface area contributed by atoms with Crippen LogP contribution in [0.3, 0.4) is 0 Å². The lowest BCUT2D eigenvalue weighted by Crippen LogP contribution is -2.15. The number of rotatable bonds is 4. The van der Waals surface area contributed by atoms with Gasteiger partial charge in [0, 0.05) is 11.6 Å². The number of aliphatic hydroxyl groups is 1. The maximum atomic E-state index is 13.5. The molecule has 0 aliphatic carbocycles. The molecule has 94 valence electrons. The van der Waals surface area contributed by atoms with Crippen molar-refractivity contribution >= 4 is 5.97 Å². The summed E-state index contributed by atoms with van der Waals surface area (Å²) in [5.41, 5.74) is 0.612. The molecule has 1 aromatic carbocycles. The molecule has 4 nitrogen and oxygen atoms in total. The molecule has 17 heavy (non-hydrogen) atoms. The quantitative estimate of drug-likeness (QED) is 0.815. The minimum absolute atomic E-state index is 0.123. The van der Waals surface area contributed by atoms with Crippen molar-refractivity contribution in [3.8, 4) is 5.75 Å². The van der Waals surface area contributed by atoms with Crippen LogP contribution in [-0.4, -0.2) is 25.3 Å². The van der Waals surface area contributed by atoms with Gasteiger partial charge in [0.25, 0.3) is 0 Å².